The van der Waals surface area contributed by atoms with Crippen molar-refractivity contribution in [3.05, 3.63) is 64.4 Å². The molecule has 0 bridgehead atoms. The van der Waals surface area contributed by atoms with Gasteiger partial charge in [-0.05, 0) is 31.0 Å². The molecule has 1 aromatic heterocycles. The SMILES string of the molecule is O=C(NC1CCCCC1)c1nc(-c2ccccc2)n(-c2ccc(Cl)c(Cl)c2)n1. The summed E-state index contributed by atoms with van der Waals surface area (Å²) in [5.74, 6) is 0.478. The van der Waals surface area contributed by atoms with E-state index in [0.717, 1.165) is 31.2 Å². The first-order chi connectivity index (χ1) is 13.6. The van der Waals surface area contributed by atoms with E-state index < -0.39 is 0 Å². The van der Waals surface area contributed by atoms with Crippen LogP contribution in [0, 0.1) is 0 Å². The van der Waals surface area contributed by atoms with Crippen molar-refractivity contribution < 1.29 is 4.79 Å². The third kappa shape index (κ3) is 4.05. The maximum atomic E-state index is 12.8. The van der Waals surface area contributed by atoms with E-state index in [-0.39, 0.29) is 17.8 Å². The molecule has 1 N–H and O–H groups in total. The van der Waals surface area contributed by atoms with Gasteiger partial charge in [0.1, 0.15) is 0 Å². The van der Waals surface area contributed by atoms with E-state index in [4.69, 9.17) is 23.2 Å². The minimum Gasteiger partial charge on any atom is -0.347 e. The molecule has 2 aromatic carbocycles. The second-order valence-corrected chi connectivity index (χ2v) is 7.76. The van der Waals surface area contributed by atoms with Crippen LogP contribution in [-0.4, -0.2) is 26.7 Å². The summed E-state index contributed by atoms with van der Waals surface area (Å²) in [5.41, 5.74) is 1.55. The molecule has 0 atom stereocenters. The topological polar surface area (TPSA) is 59.8 Å². The van der Waals surface area contributed by atoms with Gasteiger partial charge in [0.15, 0.2) is 5.82 Å². The van der Waals surface area contributed by atoms with Crippen LogP contribution in [0.5, 0.6) is 0 Å². The molecule has 0 aliphatic heterocycles. The lowest BCUT2D eigenvalue weighted by atomic mass is 9.95. The Morgan fingerprint density at radius 1 is 1.00 bits per heavy atom. The van der Waals surface area contributed by atoms with Crippen LogP contribution in [-0.2, 0) is 0 Å². The molecule has 5 nitrogen and oxygen atoms in total. The molecule has 1 saturated carbocycles. The number of nitrogens with zero attached hydrogens (tertiary/aromatic N) is 3. The van der Waals surface area contributed by atoms with Crippen molar-refractivity contribution in [3.63, 3.8) is 0 Å². The number of carbonyl (C=O) groups excluding carboxylic acids is 1. The Bertz CT molecular complexity index is 981. The van der Waals surface area contributed by atoms with Crippen LogP contribution in [0.4, 0.5) is 0 Å². The van der Waals surface area contributed by atoms with Gasteiger partial charge >= 0.3 is 0 Å². The Kier molecular flexibility index (Phi) is 5.64. The van der Waals surface area contributed by atoms with E-state index in [1.165, 1.54) is 6.42 Å². The van der Waals surface area contributed by atoms with Gasteiger partial charge in [0, 0.05) is 11.6 Å². The van der Waals surface area contributed by atoms with Crippen LogP contribution in [0.2, 0.25) is 10.0 Å². The van der Waals surface area contributed by atoms with Gasteiger partial charge in [0.2, 0.25) is 5.82 Å². The molecule has 1 amide bonds. The molecule has 0 unspecified atom stereocenters. The Morgan fingerprint density at radius 3 is 2.46 bits per heavy atom. The molecule has 144 valence electrons. The number of nitrogens with one attached hydrogen (secondary N) is 1. The zero-order valence-electron chi connectivity index (χ0n) is 15.2. The number of hydrogen-bond donors (Lipinski definition) is 1. The highest BCUT2D eigenvalue weighted by atomic mass is 35.5. The molecule has 1 aliphatic carbocycles. The average molecular weight is 415 g/mol. The highest BCUT2D eigenvalue weighted by Crippen LogP contribution is 2.27. The standard InChI is InChI=1S/C21H20Cl2N4O/c22-17-12-11-16(13-18(17)23)27-20(14-7-3-1-4-8-14)25-19(26-27)21(28)24-15-9-5-2-6-10-15/h1,3-4,7-8,11-13,15H,2,5-6,9-10H2,(H,24,28). The molecule has 28 heavy (non-hydrogen) atoms. The Morgan fingerprint density at radius 2 is 1.75 bits per heavy atom. The van der Waals surface area contributed by atoms with E-state index in [0.29, 0.717) is 21.6 Å². The van der Waals surface area contributed by atoms with E-state index in [9.17, 15) is 4.79 Å². The number of amides is 1. The molecule has 3 aromatic rings. The van der Waals surface area contributed by atoms with E-state index in [1.54, 1.807) is 22.9 Å². The van der Waals surface area contributed by atoms with Crippen molar-refractivity contribution in [2.24, 2.45) is 0 Å². The van der Waals surface area contributed by atoms with Gasteiger partial charge in [-0.15, -0.1) is 5.10 Å². The molecular weight excluding hydrogens is 395 g/mol. The predicted molar refractivity (Wildman–Crippen MR) is 111 cm³/mol. The third-order valence-corrected chi connectivity index (χ3v) is 5.67. The van der Waals surface area contributed by atoms with Crippen molar-refractivity contribution in [2.45, 2.75) is 38.1 Å². The molecule has 0 radical (unpaired) electrons. The van der Waals surface area contributed by atoms with Crippen LogP contribution < -0.4 is 5.32 Å². The fourth-order valence-corrected chi connectivity index (χ4v) is 3.77. The van der Waals surface area contributed by atoms with Crippen LogP contribution in [0.25, 0.3) is 17.1 Å². The number of hydrogen-bond acceptors (Lipinski definition) is 3. The lowest BCUT2D eigenvalue weighted by Crippen LogP contribution is -2.36. The fraction of sp³-hybridized carbons (Fsp3) is 0.286. The van der Waals surface area contributed by atoms with Crippen molar-refractivity contribution in [1.29, 1.82) is 0 Å². The molecule has 1 heterocycles. The molecule has 4 rings (SSSR count). The fourth-order valence-electron chi connectivity index (χ4n) is 3.48. The number of carbonyl (C=O) groups is 1. The smallest absolute Gasteiger partial charge is 0.291 e. The number of aromatic nitrogens is 3. The molecule has 0 saturated heterocycles. The summed E-state index contributed by atoms with van der Waals surface area (Å²) in [5, 5.41) is 8.44. The second kappa shape index (κ2) is 8.33. The van der Waals surface area contributed by atoms with Gasteiger partial charge in [-0.3, -0.25) is 4.79 Å². The minimum atomic E-state index is -0.247. The zero-order chi connectivity index (χ0) is 19.5. The van der Waals surface area contributed by atoms with Crippen LogP contribution >= 0.6 is 23.2 Å². The highest BCUT2D eigenvalue weighted by molar-refractivity contribution is 6.42. The molecule has 1 fully saturated rings. The van der Waals surface area contributed by atoms with Gasteiger partial charge in [0.05, 0.1) is 15.7 Å². The summed E-state index contributed by atoms with van der Waals surface area (Å²) < 4.78 is 1.63. The van der Waals surface area contributed by atoms with Crippen molar-refractivity contribution in [2.75, 3.05) is 0 Å². The second-order valence-electron chi connectivity index (χ2n) is 6.94. The summed E-state index contributed by atoms with van der Waals surface area (Å²) in [6.45, 7) is 0. The van der Waals surface area contributed by atoms with E-state index in [2.05, 4.69) is 15.4 Å². The maximum Gasteiger partial charge on any atom is 0.291 e. The third-order valence-electron chi connectivity index (χ3n) is 4.93. The van der Waals surface area contributed by atoms with Crippen molar-refractivity contribution >= 4 is 29.1 Å². The lowest BCUT2D eigenvalue weighted by Gasteiger charge is -2.21. The Labute approximate surface area is 173 Å². The summed E-state index contributed by atoms with van der Waals surface area (Å²) in [6, 6.07) is 15.1. The minimum absolute atomic E-state index is 0.149. The van der Waals surface area contributed by atoms with Gasteiger partial charge in [-0.25, -0.2) is 9.67 Å². The number of halogens is 2. The summed E-state index contributed by atoms with van der Waals surface area (Å²) in [7, 11) is 0. The summed E-state index contributed by atoms with van der Waals surface area (Å²) in [6.07, 6.45) is 5.53. The first kappa shape index (κ1) is 19.0. The Balaban J connectivity index is 1.71. The number of benzene rings is 2. The van der Waals surface area contributed by atoms with E-state index in [1.807, 2.05) is 30.3 Å². The van der Waals surface area contributed by atoms with Crippen LogP contribution in [0.3, 0.4) is 0 Å². The molecule has 7 heteroatoms. The van der Waals surface area contributed by atoms with Crippen molar-refractivity contribution in [3.8, 4) is 17.1 Å². The van der Waals surface area contributed by atoms with Crippen molar-refractivity contribution in [1.82, 2.24) is 20.1 Å². The van der Waals surface area contributed by atoms with E-state index >= 15 is 0 Å². The number of rotatable bonds is 4. The quantitative estimate of drug-likeness (QED) is 0.629. The van der Waals surface area contributed by atoms with Gasteiger partial charge in [0.25, 0.3) is 5.91 Å². The molecule has 1 aliphatic rings. The van der Waals surface area contributed by atoms with Gasteiger partial charge < -0.3 is 5.32 Å². The molecule has 0 spiro atoms. The highest BCUT2D eigenvalue weighted by Gasteiger charge is 2.22. The maximum absolute atomic E-state index is 12.8. The normalized spacial score (nSPS) is 14.8. The van der Waals surface area contributed by atoms with Gasteiger partial charge in [-0.2, -0.15) is 0 Å². The monoisotopic (exact) mass is 414 g/mol. The van der Waals surface area contributed by atoms with Crippen LogP contribution in [0.1, 0.15) is 42.7 Å². The van der Waals surface area contributed by atoms with Crippen LogP contribution in [0.15, 0.2) is 48.5 Å². The average Bonchev–Trinajstić information content (AvgIpc) is 3.17. The molecular formula is C21H20Cl2N4O. The first-order valence-corrected chi connectivity index (χ1v) is 10.2. The zero-order valence-corrected chi connectivity index (χ0v) is 16.7. The predicted octanol–water partition coefficient (Wildman–Crippen LogP) is 5.30. The first-order valence-electron chi connectivity index (χ1n) is 9.40. The lowest BCUT2D eigenvalue weighted by molar-refractivity contribution is 0.0917. The Hall–Kier alpha value is -2.37. The largest absolute Gasteiger partial charge is 0.347 e. The summed E-state index contributed by atoms with van der Waals surface area (Å²) in [4.78, 5) is 17.3. The summed E-state index contributed by atoms with van der Waals surface area (Å²) >= 11 is 12.2. The van der Waals surface area contributed by atoms with Gasteiger partial charge in [-0.1, -0.05) is 72.8 Å².